The van der Waals surface area contributed by atoms with Crippen LogP contribution in [0.1, 0.15) is 10.4 Å². The number of benzene rings is 1. The molecule has 0 atom stereocenters. The number of hydrogen-bond donors (Lipinski definition) is 0. The largest absolute Gasteiger partial charge is 0.493 e. The predicted octanol–water partition coefficient (Wildman–Crippen LogP) is 1.03. The molecule has 1 rings (SSSR count). The van der Waals surface area contributed by atoms with Gasteiger partial charge in [0.2, 0.25) is 0 Å². The maximum atomic E-state index is 11.5. The first-order chi connectivity index (χ1) is 8.63. The quantitative estimate of drug-likeness (QED) is 0.731. The van der Waals surface area contributed by atoms with E-state index in [1.807, 2.05) is 0 Å². The van der Waals surface area contributed by atoms with E-state index in [2.05, 4.69) is 9.47 Å². The summed E-state index contributed by atoms with van der Waals surface area (Å²) >= 11 is 0. The SMILES string of the molecule is COC(=O)COc1c(OC)cccc1C(=O)OC. The molecular formula is C12H14O6. The molecule has 0 N–H and O–H groups in total. The molecule has 0 heterocycles. The lowest BCUT2D eigenvalue weighted by Crippen LogP contribution is -2.15. The number of methoxy groups -OCH3 is 3. The smallest absolute Gasteiger partial charge is 0.343 e. The van der Waals surface area contributed by atoms with Crippen molar-refractivity contribution in [2.75, 3.05) is 27.9 Å². The van der Waals surface area contributed by atoms with Gasteiger partial charge in [0.05, 0.1) is 21.3 Å². The molecule has 0 unspecified atom stereocenters. The van der Waals surface area contributed by atoms with Crippen LogP contribution >= 0.6 is 0 Å². The van der Waals surface area contributed by atoms with Crippen molar-refractivity contribution in [3.05, 3.63) is 23.8 Å². The van der Waals surface area contributed by atoms with Gasteiger partial charge >= 0.3 is 11.9 Å². The third-order valence-electron chi connectivity index (χ3n) is 2.17. The first kappa shape index (κ1) is 13.8. The number of ether oxygens (including phenoxy) is 4. The molecule has 0 spiro atoms. The Hall–Kier alpha value is -2.24. The summed E-state index contributed by atoms with van der Waals surface area (Å²) in [7, 11) is 3.93. The fourth-order valence-electron chi connectivity index (χ4n) is 1.29. The second kappa shape index (κ2) is 6.48. The lowest BCUT2D eigenvalue weighted by molar-refractivity contribution is -0.142. The van der Waals surface area contributed by atoms with Crippen molar-refractivity contribution >= 4 is 11.9 Å². The molecular weight excluding hydrogens is 240 g/mol. The second-order valence-electron chi connectivity index (χ2n) is 3.19. The summed E-state index contributed by atoms with van der Waals surface area (Å²) in [6, 6.07) is 4.75. The fraction of sp³-hybridized carbons (Fsp3) is 0.333. The van der Waals surface area contributed by atoms with Crippen molar-refractivity contribution in [3.63, 3.8) is 0 Å². The molecule has 0 fully saturated rings. The number of hydrogen-bond acceptors (Lipinski definition) is 6. The zero-order chi connectivity index (χ0) is 13.5. The van der Waals surface area contributed by atoms with Crippen molar-refractivity contribution in [1.29, 1.82) is 0 Å². The number of carbonyl (C=O) groups is 2. The Kier molecular flexibility index (Phi) is 4.98. The number of rotatable bonds is 5. The summed E-state index contributed by atoms with van der Waals surface area (Å²) in [5.41, 5.74) is 0.181. The van der Waals surface area contributed by atoms with Crippen LogP contribution in [0.15, 0.2) is 18.2 Å². The van der Waals surface area contributed by atoms with Crippen molar-refractivity contribution < 1.29 is 28.5 Å². The van der Waals surface area contributed by atoms with Crippen LogP contribution in [0.25, 0.3) is 0 Å². The van der Waals surface area contributed by atoms with Crippen LogP contribution in [0.3, 0.4) is 0 Å². The van der Waals surface area contributed by atoms with E-state index in [4.69, 9.17) is 9.47 Å². The lowest BCUT2D eigenvalue weighted by Gasteiger charge is -2.12. The molecule has 18 heavy (non-hydrogen) atoms. The van der Waals surface area contributed by atoms with Gasteiger partial charge in [0.15, 0.2) is 18.1 Å². The molecule has 0 bridgehead atoms. The molecule has 0 aromatic heterocycles. The van der Waals surface area contributed by atoms with Gasteiger partial charge < -0.3 is 18.9 Å². The minimum atomic E-state index is -0.575. The number of carbonyl (C=O) groups excluding carboxylic acids is 2. The van der Waals surface area contributed by atoms with Crippen LogP contribution in [0.2, 0.25) is 0 Å². The molecule has 0 aliphatic heterocycles. The van der Waals surface area contributed by atoms with Crippen LogP contribution in [0.4, 0.5) is 0 Å². The summed E-state index contributed by atoms with van der Waals surface area (Å²) in [5.74, 6) is -0.649. The molecule has 98 valence electrons. The van der Waals surface area contributed by atoms with Crippen molar-refractivity contribution in [2.45, 2.75) is 0 Å². The third kappa shape index (κ3) is 3.13. The summed E-state index contributed by atoms with van der Waals surface area (Å²) in [6.07, 6.45) is 0. The van der Waals surface area contributed by atoms with Gasteiger partial charge in [-0.05, 0) is 12.1 Å². The summed E-state index contributed by atoms with van der Waals surface area (Å²) < 4.78 is 19.4. The molecule has 6 heteroatoms. The maximum absolute atomic E-state index is 11.5. The first-order valence-corrected chi connectivity index (χ1v) is 5.09. The van der Waals surface area contributed by atoms with Crippen LogP contribution in [0, 0.1) is 0 Å². The Morgan fingerprint density at radius 1 is 1.11 bits per heavy atom. The van der Waals surface area contributed by atoms with E-state index < -0.39 is 11.9 Å². The van der Waals surface area contributed by atoms with Crippen molar-refractivity contribution in [2.24, 2.45) is 0 Å². The molecule has 0 saturated carbocycles. The van der Waals surface area contributed by atoms with Gasteiger partial charge in [-0.15, -0.1) is 0 Å². The zero-order valence-corrected chi connectivity index (χ0v) is 10.4. The minimum absolute atomic E-state index is 0.150. The standard InChI is InChI=1S/C12H14O6/c1-15-9-6-4-5-8(12(14)17-3)11(9)18-7-10(13)16-2/h4-6H,7H2,1-3H3. The van der Waals surface area contributed by atoms with Gasteiger partial charge in [0.1, 0.15) is 5.56 Å². The molecule has 0 saturated heterocycles. The van der Waals surface area contributed by atoms with Gasteiger partial charge in [-0.2, -0.15) is 0 Å². The third-order valence-corrected chi connectivity index (χ3v) is 2.17. The van der Waals surface area contributed by atoms with Crippen molar-refractivity contribution in [3.8, 4) is 11.5 Å². The lowest BCUT2D eigenvalue weighted by atomic mass is 10.2. The summed E-state index contributed by atoms with van der Waals surface area (Å²) in [5, 5.41) is 0. The monoisotopic (exact) mass is 254 g/mol. The highest BCUT2D eigenvalue weighted by Gasteiger charge is 2.18. The van der Waals surface area contributed by atoms with Crippen LogP contribution in [0.5, 0.6) is 11.5 Å². The Morgan fingerprint density at radius 3 is 2.39 bits per heavy atom. The average molecular weight is 254 g/mol. The molecule has 6 nitrogen and oxygen atoms in total. The first-order valence-electron chi connectivity index (χ1n) is 5.09. The van der Waals surface area contributed by atoms with Crippen molar-refractivity contribution in [1.82, 2.24) is 0 Å². The van der Waals surface area contributed by atoms with E-state index in [0.717, 1.165) is 0 Å². The summed E-state index contributed by atoms with van der Waals surface area (Å²) in [4.78, 5) is 22.6. The fourth-order valence-corrected chi connectivity index (χ4v) is 1.29. The van der Waals surface area contributed by atoms with E-state index in [0.29, 0.717) is 5.75 Å². The highest BCUT2D eigenvalue weighted by atomic mass is 16.6. The molecule has 0 aliphatic carbocycles. The maximum Gasteiger partial charge on any atom is 0.343 e. The van der Waals surface area contributed by atoms with E-state index >= 15 is 0 Å². The van der Waals surface area contributed by atoms with Gasteiger partial charge in [-0.1, -0.05) is 6.07 Å². The molecule has 0 aliphatic rings. The van der Waals surface area contributed by atoms with Gasteiger partial charge in [0, 0.05) is 0 Å². The zero-order valence-electron chi connectivity index (χ0n) is 10.4. The second-order valence-corrected chi connectivity index (χ2v) is 3.19. The highest BCUT2D eigenvalue weighted by Crippen LogP contribution is 2.31. The molecule has 1 aromatic carbocycles. The van der Waals surface area contributed by atoms with Gasteiger partial charge in [-0.25, -0.2) is 9.59 Å². The Balaban J connectivity index is 3.04. The Labute approximate surface area is 104 Å². The van der Waals surface area contributed by atoms with E-state index in [-0.39, 0.29) is 17.9 Å². The van der Waals surface area contributed by atoms with Gasteiger partial charge in [0.25, 0.3) is 0 Å². The van der Waals surface area contributed by atoms with Crippen LogP contribution < -0.4 is 9.47 Å². The predicted molar refractivity (Wildman–Crippen MR) is 61.8 cm³/mol. The van der Waals surface area contributed by atoms with Gasteiger partial charge in [-0.3, -0.25) is 0 Å². The topological polar surface area (TPSA) is 71.1 Å². The molecule has 0 amide bonds. The molecule has 1 aromatic rings. The van der Waals surface area contributed by atoms with E-state index in [1.54, 1.807) is 12.1 Å². The van der Waals surface area contributed by atoms with E-state index in [1.165, 1.54) is 27.4 Å². The minimum Gasteiger partial charge on any atom is -0.493 e. The highest BCUT2D eigenvalue weighted by molar-refractivity contribution is 5.93. The Bertz CT molecular complexity index is 440. The normalized spacial score (nSPS) is 9.50. The summed E-state index contributed by atoms with van der Waals surface area (Å²) in [6.45, 7) is -0.319. The van der Waals surface area contributed by atoms with Crippen LogP contribution in [-0.4, -0.2) is 39.9 Å². The Morgan fingerprint density at radius 2 is 1.83 bits per heavy atom. The number of esters is 2. The van der Waals surface area contributed by atoms with Crippen LogP contribution in [-0.2, 0) is 14.3 Å². The van der Waals surface area contributed by atoms with E-state index in [9.17, 15) is 9.59 Å². The number of para-hydroxylation sites is 1. The average Bonchev–Trinajstić information content (AvgIpc) is 2.43. The molecule has 0 radical (unpaired) electrons.